The van der Waals surface area contributed by atoms with Crippen molar-refractivity contribution in [2.75, 3.05) is 7.11 Å². The summed E-state index contributed by atoms with van der Waals surface area (Å²) in [5, 5.41) is 13.0. The number of rotatable bonds is 7. The van der Waals surface area contributed by atoms with Crippen molar-refractivity contribution in [3.8, 4) is 16.9 Å². The van der Waals surface area contributed by atoms with E-state index < -0.39 is 29.6 Å². The number of carbonyl (C=O) groups excluding carboxylic acids is 1. The molecule has 0 spiro atoms. The Morgan fingerprint density at radius 2 is 1.68 bits per heavy atom. The van der Waals surface area contributed by atoms with Crippen molar-refractivity contribution in [2.45, 2.75) is 12.5 Å². The number of nitrogens with one attached hydrogen (secondary N) is 1. The summed E-state index contributed by atoms with van der Waals surface area (Å²) in [6.07, 6.45) is 1.25. The number of nitrogens with zero attached hydrogens (tertiary/aromatic N) is 1. The molecule has 2 N–H and O–H groups in total. The molecule has 0 radical (unpaired) electrons. The first-order valence-corrected chi connectivity index (χ1v) is 11.8. The summed E-state index contributed by atoms with van der Waals surface area (Å²) in [4.78, 5) is 29.2. The zero-order valence-electron chi connectivity index (χ0n) is 19.0. The van der Waals surface area contributed by atoms with Crippen LogP contribution in [-0.4, -0.2) is 35.1 Å². The molecular formula is C26H17Cl3F2N2O4. The molecule has 1 atom stereocenters. The van der Waals surface area contributed by atoms with Gasteiger partial charge in [0.1, 0.15) is 11.8 Å². The molecule has 37 heavy (non-hydrogen) atoms. The quantitative estimate of drug-likeness (QED) is 0.264. The maximum Gasteiger partial charge on any atom is 0.326 e. The lowest BCUT2D eigenvalue weighted by molar-refractivity contribution is -0.139. The second kappa shape index (κ2) is 10.9. The minimum Gasteiger partial charge on any atom is -0.496 e. The van der Waals surface area contributed by atoms with Gasteiger partial charge in [-0.1, -0.05) is 53.0 Å². The Balaban J connectivity index is 1.78. The first-order chi connectivity index (χ1) is 17.6. The Labute approximate surface area is 224 Å². The maximum atomic E-state index is 14.1. The normalized spacial score (nSPS) is 11.8. The molecular weight excluding hydrogens is 549 g/mol. The second-order valence-electron chi connectivity index (χ2n) is 7.92. The fourth-order valence-corrected chi connectivity index (χ4v) is 4.76. The van der Waals surface area contributed by atoms with E-state index in [0.717, 1.165) is 12.1 Å². The highest BCUT2D eigenvalue weighted by Crippen LogP contribution is 2.40. The molecule has 0 saturated heterocycles. The van der Waals surface area contributed by atoms with Crippen molar-refractivity contribution in [2.24, 2.45) is 0 Å². The maximum absolute atomic E-state index is 14.1. The Hall–Kier alpha value is -3.46. The average molecular weight is 566 g/mol. The van der Waals surface area contributed by atoms with Crippen LogP contribution in [0, 0.1) is 11.6 Å². The molecule has 1 aromatic heterocycles. The number of aromatic nitrogens is 1. The van der Waals surface area contributed by atoms with Gasteiger partial charge < -0.3 is 15.2 Å². The molecule has 0 bridgehead atoms. The first-order valence-electron chi connectivity index (χ1n) is 10.7. The predicted octanol–water partition coefficient (Wildman–Crippen LogP) is 6.57. The van der Waals surface area contributed by atoms with E-state index in [1.807, 2.05) is 0 Å². The van der Waals surface area contributed by atoms with Crippen LogP contribution in [0.15, 0.2) is 54.7 Å². The van der Waals surface area contributed by atoms with Gasteiger partial charge in [-0.3, -0.25) is 9.78 Å². The van der Waals surface area contributed by atoms with Crippen molar-refractivity contribution in [1.82, 2.24) is 10.3 Å². The van der Waals surface area contributed by atoms with E-state index in [2.05, 4.69) is 10.3 Å². The topological polar surface area (TPSA) is 88.5 Å². The highest BCUT2D eigenvalue weighted by molar-refractivity contribution is 6.39. The van der Waals surface area contributed by atoms with E-state index in [9.17, 15) is 23.5 Å². The largest absolute Gasteiger partial charge is 0.496 e. The molecule has 11 heteroatoms. The monoisotopic (exact) mass is 564 g/mol. The molecule has 1 heterocycles. The summed E-state index contributed by atoms with van der Waals surface area (Å²) in [7, 11) is 1.32. The minimum absolute atomic E-state index is 0.0520. The summed E-state index contributed by atoms with van der Waals surface area (Å²) in [6.45, 7) is 0. The van der Waals surface area contributed by atoms with E-state index in [1.54, 1.807) is 18.2 Å². The summed E-state index contributed by atoms with van der Waals surface area (Å²) in [5.74, 6) is -4.16. The first kappa shape index (κ1) is 26.6. The van der Waals surface area contributed by atoms with Crippen LogP contribution in [0.3, 0.4) is 0 Å². The molecule has 3 aromatic carbocycles. The van der Waals surface area contributed by atoms with E-state index >= 15 is 0 Å². The summed E-state index contributed by atoms with van der Waals surface area (Å²) in [6, 6.07) is 9.67. The van der Waals surface area contributed by atoms with Crippen molar-refractivity contribution in [3.63, 3.8) is 0 Å². The number of fused-ring (bicyclic) bond motifs is 1. The van der Waals surface area contributed by atoms with Gasteiger partial charge in [0.15, 0.2) is 11.6 Å². The summed E-state index contributed by atoms with van der Waals surface area (Å²) >= 11 is 18.7. The number of carboxylic acids is 1. The minimum atomic E-state index is -1.38. The molecule has 1 unspecified atom stereocenters. The van der Waals surface area contributed by atoms with Gasteiger partial charge in [0.05, 0.1) is 33.3 Å². The molecule has 0 fully saturated rings. The molecule has 6 nitrogen and oxygen atoms in total. The number of ether oxygens (including phenoxy) is 1. The Morgan fingerprint density at radius 3 is 2.32 bits per heavy atom. The average Bonchev–Trinajstić information content (AvgIpc) is 2.85. The number of benzene rings is 3. The number of amides is 1. The standard InChI is InChI=1S/C26H17Cl3F2N2O4/c1-37-21-11-19(31)18(30)10-14(21)13-6-5-12(24-22(13)17(29)7-8-32-24)9-20(26(35)36)33-25(34)23-15(27)3-2-4-16(23)28/h2-8,10-11,20H,9H2,1H3,(H,33,34)(H,35,36). The number of aliphatic carboxylic acids is 1. The zero-order valence-corrected chi connectivity index (χ0v) is 21.3. The van der Waals surface area contributed by atoms with Crippen molar-refractivity contribution < 1.29 is 28.2 Å². The summed E-state index contributed by atoms with van der Waals surface area (Å²) < 4.78 is 33.2. The second-order valence-corrected chi connectivity index (χ2v) is 9.14. The molecule has 0 aliphatic rings. The Morgan fingerprint density at radius 1 is 1.00 bits per heavy atom. The number of hydrogen-bond acceptors (Lipinski definition) is 4. The van der Waals surface area contributed by atoms with Gasteiger partial charge in [-0.25, -0.2) is 13.6 Å². The van der Waals surface area contributed by atoms with Gasteiger partial charge in [-0.15, -0.1) is 0 Å². The third-order valence-corrected chi connectivity index (χ3v) is 6.62. The SMILES string of the molecule is COc1cc(F)c(F)cc1-c1ccc(CC(NC(=O)c2c(Cl)cccc2Cl)C(=O)O)c2nccc(Cl)c12. The lowest BCUT2D eigenvalue weighted by Gasteiger charge is -2.18. The van der Waals surface area contributed by atoms with Crippen LogP contribution in [0.25, 0.3) is 22.0 Å². The number of halogens is 5. The van der Waals surface area contributed by atoms with Gasteiger partial charge in [0, 0.05) is 29.6 Å². The third kappa shape index (κ3) is 5.32. The predicted molar refractivity (Wildman–Crippen MR) is 138 cm³/mol. The van der Waals surface area contributed by atoms with Crippen LogP contribution in [-0.2, 0) is 11.2 Å². The lowest BCUT2D eigenvalue weighted by atomic mass is 9.94. The fourth-order valence-electron chi connectivity index (χ4n) is 3.95. The van der Waals surface area contributed by atoms with Crippen molar-refractivity contribution >= 4 is 57.6 Å². The Bertz CT molecular complexity index is 1530. The van der Waals surface area contributed by atoms with E-state index in [4.69, 9.17) is 39.5 Å². The third-order valence-electron chi connectivity index (χ3n) is 5.67. The highest BCUT2D eigenvalue weighted by atomic mass is 35.5. The van der Waals surface area contributed by atoms with E-state index in [1.165, 1.54) is 31.5 Å². The van der Waals surface area contributed by atoms with Crippen LogP contribution in [0.1, 0.15) is 15.9 Å². The van der Waals surface area contributed by atoms with Gasteiger partial charge in [-0.2, -0.15) is 0 Å². The molecule has 0 saturated carbocycles. The molecule has 0 aliphatic heterocycles. The van der Waals surface area contributed by atoms with Crippen LogP contribution in [0.2, 0.25) is 15.1 Å². The fraction of sp³-hybridized carbons (Fsp3) is 0.115. The van der Waals surface area contributed by atoms with Gasteiger partial charge in [0.2, 0.25) is 0 Å². The molecule has 0 aliphatic carbocycles. The van der Waals surface area contributed by atoms with Crippen molar-refractivity contribution in [1.29, 1.82) is 0 Å². The smallest absolute Gasteiger partial charge is 0.326 e. The van der Waals surface area contributed by atoms with Gasteiger partial charge >= 0.3 is 5.97 Å². The van der Waals surface area contributed by atoms with Crippen LogP contribution in [0.4, 0.5) is 8.78 Å². The lowest BCUT2D eigenvalue weighted by Crippen LogP contribution is -2.42. The van der Waals surface area contributed by atoms with E-state index in [0.29, 0.717) is 22.0 Å². The Kier molecular flexibility index (Phi) is 7.82. The van der Waals surface area contributed by atoms with Crippen molar-refractivity contribution in [3.05, 3.63) is 92.6 Å². The number of carboxylic acid groups (broad SMARTS) is 1. The van der Waals surface area contributed by atoms with Crippen LogP contribution in [0.5, 0.6) is 5.75 Å². The molecule has 1 amide bonds. The van der Waals surface area contributed by atoms with E-state index in [-0.39, 0.29) is 38.4 Å². The number of methoxy groups -OCH3 is 1. The highest BCUT2D eigenvalue weighted by Gasteiger charge is 2.26. The van der Waals surface area contributed by atoms with Gasteiger partial charge in [0.25, 0.3) is 5.91 Å². The number of hydrogen-bond donors (Lipinski definition) is 2. The molecule has 4 rings (SSSR count). The zero-order chi connectivity index (χ0) is 26.9. The van der Waals surface area contributed by atoms with Crippen LogP contribution < -0.4 is 10.1 Å². The number of carbonyl (C=O) groups is 2. The summed E-state index contributed by atoms with van der Waals surface area (Å²) in [5.41, 5.74) is 1.31. The van der Waals surface area contributed by atoms with Gasteiger partial charge in [-0.05, 0) is 35.4 Å². The van der Waals surface area contributed by atoms with Crippen LogP contribution >= 0.6 is 34.8 Å². The molecule has 190 valence electrons. The molecule has 4 aromatic rings. The number of pyridine rings is 1.